The Kier molecular flexibility index (Phi) is 5.70. The first kappa shape index (κ1) is 17.1. The number of alkyl carbamates (subject to hydrolysis) is 1. The average molecular weight is 352 g/mol. The molecule has 0 aliphatic carbocycles. The molecule has 0 bridgehead atoms. The smallest absolute Gasteiger partial charge is 0.408 e. The topological polar surface area (TPSA) is 38.3 Å². The van der Waals surface area contributed by atoms with Gasteiger partial charge in [-0.1, -0.05) is 84.4 Å². The van der Waals surface area contributed by atoms with E-state index in [2.05, 4.69) is 5.32 Å². The molecular weight excluding hydrogens is 334 g/mol. The second-order valence-electron chi connectivity index (χ2n) is 5.59. The van der Waals surface area contributed by atoms with E-state index in [-0.39, 0.29) is 0 Å². The Bertz CT molecular complexity index is 782. The quantitative estimate of drug-likeness (QED) is 0.672. The van der Waals surface area contributed by atoms with Gasteiger partial charge in [-0.25, -0.2) is 4.79 Å². The second kappa shape index (κ2) is 8.36. The number of nitrogens with one attached hydrogen (secondary N) is 1. The van der Waals surface area contributed by atoms with E-state index in [1.165, 1.54) is 0 Å². The van der Waals surface area contributed by atoms with Crippen LogP contribution in [0.25, 0.3) is 0 Å². The molecule has 0 aliphatic heterocycles. The van der Waals surface area contributed by atoms with E-state index in [0.29, 0.717) is 11.6 Å². The molecule has 1 amide bonds. The summed E-state index contributed by atoms with van der Waals surface area (Å²) in [5.74, 6) is 0. The number of hydrogen-bond acceptors (Lipinski definition) is 2. The molecule has 0 saturated carbocycles. The van der Waals surface area contributed by atoms with Gasteiger partial charge in [0, 0.05) is 11.6 Å². The Balaban J connectivity index is 1.71. The Morgan fingerprint density at radius 3 is 2.04 bits per heavy atom. The van der Waals surface area contributed by atoms with Crippen LogP contribution in [0, 0.1) is 0 Å². The van der Waals surface area contributed by atoms with Crippen molar-refractivity contribution in [2.24, 2.45) is 0 Å². The molecule has 0 unspecified atom stereocenters. The van der Waals surface area contributed by atoms with Gasteiger partial charge in [0.05, 0.1) is 0 Å². The van der Waals surface area contributed by atoms with Crippen molar-refractivity contribution in [3.8, 4) is 0 Å². The third-order valence-corrected chi connectivity index (χ3v) is 3.99. The monoisotopic (exact) mass is 351 g/mol. The summed E-state index contributed by atoms with van der Waals surface area (Å²) in [6, 6.07) is 26.7. The molecule has 3 aromatic rings. The lowest BCUT2D eigenvalue weighted by atomic mass is 10.0. The predicted octanol–water partition coefficient (Wildman–Crippen LogP) is 5.36. The van der Waals surface area contributed by atoms with Crippen molar-refractivity contribution >= 4 is 17.7 Å². The third-order valence-electron chi connectivity index (χ3n) is 3.76. The molecule has 0 heterocycles. The molecule has 0 aliphatic rings. The SMILES string of the molecule is O=C(NCc1cccc(Cl)c1)OC(c1ccccc1)c1ccccc1. The molecule has 4 heteroatoms. The molecule has 1 N–H and O–H groups in total. The van der Waals surface area contributed by atoms with E-state index in [1.54, 1.807) is 6.07 Å². The van der Waals surface area contributed by atoms with Gasteiger partial charge < -0.3 is 10.1 Å². The van der Waals surface area contributed by atoms with Crippen LogP contribution in [-0.4, -0.2) is 6.09 Å². The number of hydrogen-bond donors (Lipinski definition) is 1. The molecule has 25 heavy (non-hydrogen) atoms. The van der Waals surface area contributed by atoms with Gasteiger partial charge in [0.25, 0.3) is 0 Å². The van der Waals surface area contributed by atoms with Crippen LogP contribution in [0.4, 0.5) is 4.79 Å². The van der Waals surface area contributed by atoms with E-state index in [1.807, 2.05) is 78.9 Å². The number of ether oxygens (including phenoxy) is 1. The van der Waals surface area contributed by atoms with Crippen LogP contribution >= 0.6 is 11.6 Å². The molecule has 3 aromatic carbocycles. The van der Waals surface area contributed by atoms with E-state index >= 15 is 0 Å². The van der Waals surface area contributed by atoms with E-state index in [0.717, 1.165) is 16.7 Å². The van der Waals surface area contributed by atoms with Gasteiger partial charge >= 0.3 is 6.09 Å². The Labute approximate surface area is 152 Å². The van der Waals surface area contributed by atoms with Gasteiger partial charge in [0.15, 0.2) is 6.10 Å². The van der Waals surface area contributed by atoms with Gasteiger partial charge in [-0.05, 0) is 28.8 Å². The lowest BCUT2D eigenvalue weighted by Crippen LogP contribution is -2.26. The molecule has 3 nitrogen and oxygen atoms in total. The molecule has 126 valence electrons. The maximum Gasteiger partial charge on any atom is 0.408 e. The normalized spacial score (nSPS) is 10.5. The minimum atomic E-state index is -0.474. The van der Waals surface area contributed by atoms with E-state index in [9.17, 15) is 4.79 Å². The Morgan fingerprint density at radius 2 is 1.48 bits per heavy atom. The van der Waals surface area contributed by atoms with Crippen molar-refractivity contribution < 1.29 is 9.53 Å². The fourth-order valence-electron chi connectivity index (χ4n) is 2.55. The van der Waals surface area contributed by atoms with Crippen LogP contribution in [0.3, 0.4) is 0 Å². The first-order chi connectivity index (χ1) is 12.2. The van der Waals surface area contributed by atoms with Crippen LogP contribution < -0.4 is 5.32 Å². The van der Waals surface area contributed by atoms with E-state index in [4.69, 9.17) is 16.3 Å². The van der Waals surface area contributed by atoms with Crippen LogP contribution in [0.15, 0.2) is 84.9 Å². The highest BCUT2D eigenvalue weighted by Gasteiger charge is 2.18. The summed E-state index contributed by atoms with van der Waals surface area (Å²) in [6.07, 6.45) is -0.931. The average Bonchev–Trinajstić information content (AvgIpc) is 2.66. The summed E-state index contributed by atoms with van der Waals surface area (Å²) < 4.78 is 5.69. The zero-order chi connectivity index (χ0) is 17.5. The fraction of sp³-hybridized carbons (Fsp3) is 0.0952. The van der Waals surface area contributed by atoms with Gasteiger partial charge in [0.2, 0.25) is 0 Å². The van der Waals surface area contributed by atoms with Crippen molar-refractivity contribution in [3.63, 3.8) is 0 Å². The number of rotatable bonds is 5. The molecule has 0 spiro atoms. The number of halogens is 1. The van der Waals surface area contributed by atoms with Crippen molar-refractivity contribution in [2.75, 3.05) is 0 Å². The van der Waals surface area contributed by atoms with Gasteiger partial charge in [-0.2, -0.15) is 0 Å². The molecule has 0 aromatic heterocycles. The van der Waals surface area contributed by atoms with Crippen molar-refractivity contribution in [2.45, 2.75) is 12.6 Å². The number of amides is 1. The molecule has 0 fully saturated rings. The van der Waals surface area contributed by atoms with Crippen LogP contribution in [0.2, 0.25) is 5.02 Å². The highest BCUT2D eigenvalue weighted by atomic mass is 35.5. The highest BCUT2D eigenvalue weighted by Crippen LogP contribution is 2.25. The molecule has 0 saturated heterocycles. The first-order valence-electron chi connectivity index (χ1n) is 8.01. The summed E-state index contributed by atoms with van der Waals surface area (Å²) in [4.78, 5) is 12.3. The van der Waals surface area contributed by atoms with Crippen LogP contribution in [0.5, 0.6) is 0 Å². The number of carbonyl (C=O) groups is 1. The van der Waals surface area contributed by atoms with Gasteiger partial charge in [-0.15, -0.1) is 0 Å². The van der Waals surface area contributed by atoms with Gasteiger partial charge in [0.1, 0.15) is 0 Å². The van der Waals surface area contributed by atoms with E-state index < -0.39 is 12.2 Å². The lowest BCUT2D eigenvalue weighted by molar-refractivity contribution is 0.116. The number of carbonyl (C=O) groups excluding carboxylic acids is 1. The Hall–Kier alpha value is -2.78. The van der Waals surface area contributed by atoms with Crippen LogP contribution in [0.1, 0.15) is 22.8 Å². The van der Waals surface area contributed by atoms with Crippen molar-refractivity contribution in [1.29, 1.82) is 0 Å². The predicted molar refractivity (Wildman–Crippen MR) is 99.5 cm³/mol. The minimum Gasteiger partial charge on any atom is -0.436 e. The Morgan fingerprint density at radius 1 is 0.880 bits per heavy atom. The summed E-state index contributed by atoms with van der Waals surface area (Å²) >= 11 is 5.96. The standard InChI is InChI=1S/C21H18ClNO2/c22-19-13-7-8-16(14-19)15-23-21(24)25-20(17-9-3-1-4-10-17)18-11-5-2-6-12-18/h1-14,20H,15H2,(H,23,24). The largest absolute Gasteiger partial charge is 0.436 e. The van der Waals surface area contributed by atoms with Crippen molar-refractivity contribution in [3.05, 3.63) is 107 Å². The molecule has 0 radical (unpaired) electrons. The maximum absolute atomic E-state index is 12.3. The number of benzene rings is 3. The van der Waals surface area contributed by atoms with Gasteiger partial charge in [-0.3, -0.25) is 0 Å². The summed E-state index contributed by atoms with van der Waals surface area (Å²) in [6.45, 7) is 0.357. The first-order valence-corrected chi connectivity index (χ1v) is 8.39. The maximum atomic E-state index is 12.3. The zero-order valence-corrected chi connectivity index (χ0v) is 14.3. The fourth-order valence-corrected chi connectivity index (χ4v) is 2.77. The second-order valence-corrected chi connectivity index (χ2v) is 6.03. The highest BCUT2D eigenvalue weighted by molar-refractivity contribution is 6.30. The van der Waals surface area contributed by atoms with Crippen molar-refractivity contribution in [1.82, 2.24) is 5.32 Å². The summed E-state index contributed by atoms with van der Waals surface area (Å²) in [5, 5.41) is 3.41. The third kappa shape index (κ3) is 4.85. The lowest BCUT2D eigenvalue weighted by Gasteiger charge is -2.19. The summed E-state index contributed by atoms with van der Waals surface area (Å²) in [5.41, 5.74) is 2.76. The molecule has 0 atom stereocenters. The molecular formula is C21H18ClNO2. The van der Waals surface area contributed by atoms with Crippen LogP contribution in [-0.2, 0) is 11.3 Å². The minimum absolute atomic E-state index is 0.357. The zero-order valence-electron chi connectivity index (χ0n) is 13.6. The summed E-state index contributed by atoms with van der Waals surface area (Å²) in [7, 11) is 0. The molecule has 3 rings (SSSR count).